The van der Waals surface area contributed by atoms with Crippen LogP contribution in [0.5, 0.6) is 0 Å². The Morgan fingerprint density at radius 3 is 2.35 bits per heavy atom. The van der Waals surface area contributed by atoms with Crippen LogP contribution in [0.1, 0.15) is 16.1 Å². The number of piperazine rings is 1. The Balaban J connectivity index is 1.35. The molecule has 0 saturated carbocycles. The van der Waals surface area contributed by atoms with E-state index in [1.165, 1.54) is 23.0 Å². The number of carbonyl (C=O) groups excluding carboxylic acids is 2. The van der Waals surface area contributed by atoms with Gasteiger partial charge in [-0.05, 0) is 24.3 Å². The highest BCUT2D eigenvalue weighted by atomic mass is 16.6. The van der Waals surface area contributed by atoms with E-state index in [4.69, 9.17) is 0 Å². The summed E-state index contributed by atoms with van der Waals surface area (Å²) < 4.78 is 1.50. The minimum atomic E-state index is -0.470. The smallest absolute Gasteiger partial charge is 0.269 e. The van der Waals surface area contributed by atoms with Gasteiger partial charge in [0, 0.05) is 56.4 Å². The maximum Gasteiger partial charge on any atom is 0.269 e. The number of nitro groups is 1. The minimum absolute atomic E-state index is 0.00297. The van der Waals surface area contributed by atoms with Gasteiger partial charge >= 0.3 is 0 Å². The number of aromatic nitrogens is 3. The molecular weight excluding hydrogens is 400 g/mol. The number of nitro benzene ring substituents is 1. The molecule has 2 amide bonds. The molecule has 0 radical (unpaired) electrons. The second-order valence-corrected chi connectivity index (χ2v) is 7.12. The molecule has 4 rings (SSSR count). The van der Waals surface area contributed by atoms with Crippen molar-refractivity contribution in [3.63, 3.8) is 0 Å². The van der Waals surface area contributed by atoms with E-state index >= 15 is 0 Å². The fourth-order valence-corrected chi connectivity index (χ4v) is 3.41. The molecule has 2 aromatic heterocycles. The molecule has 1 aliphatic heterocycles. The van der Waals surface area contributed by atoms with Gasteiger partial charge < -0.3 is 9.80 Å². The van der Waals surface area contributed by atoms with Crippen molar-refractivity contribution in [1.82, 2.24) is 24.6 Å². The molecule has 0 bridgehead atoms. The molecule has 1 aliphatic rings. The average molecular weight is 420 g/mol. The van der Waals surface area contributed by atoms with Crippen molar-refractivity contribution < 1.29 is 14.5 Å². The number of hydrogen-bond donors (Lipinski definition) is 0. The number of carbonyl (C=O) groups is 2. The maximum atomic E-state index is 12.8. The highest BCUT2D eigenvalue weighted by molar-refractivity contribution is 5.94. The minimum Gasteiger partial charge on any atom is -0.339 e. The number of benzene rings is 1. The third kappa shape index (κ3) is 4.58. The van der Waals surface area contributed by atoms with Crippen LogP contribution in [0.2, 0.25) is 0 Å². The van der Waals surface area contributed by atoms with E-state index in [1.54, 1.807) is 34.3 Å². The number of non-ortho nitro benzene ring substituents is 1. The first-order valence-electron chi connectivity index (χ1n) is 9.78. The van der Waals surface area contributed by atoms with Gasteiger partial charge in [0.2, 0.25) is 5.91 Å². The van der Waals surface area contributed by atoms with Crippen LogP contribution in [0.3, 0.4) is 0 Å². The predicted octanol–water partition coefficient (Wildman–Crippen LogP) is 1.70. The predicted molar refractivity (Wildman–Crippen MR) is 111 cm³/mol. The summed E-state index contributed by atoms with van der Waals surface area (Å²) in [5, 5.41) is 15.0. The topological polar surface area (TPSA) is 114 Å². The molecule has 1 saturated heterocycles. The molecule has 0 atom stereocenters. The second kappa shape index (κ2) is 8.74. The summed E-state index contributed by atoms with van der Waals surface area (Å²) in [5.41, 5.74) is 1.76. The van der Waals surface area contributed by atoms with Crippen molar-refractivity contribution >= 4 is 17.5 Å². The summed E-state index contributed by atoms with van der Waals surface area (Å²) in [7, 11) is 0. The van der Waals surface area contributed by atoms with E-state index in [-0.39, 0.29) is 23.9 Å². The van der Waals surface area contributed by atoms with Crippen LogP contribution in [0.15, 0.2) is 61.1 Å². The lowest BCUT2D eigenvalue weighted by atomic mass is 10.2. The van der Waals surface area contributed by atoms with Crippen molar-refractivity contribution in [3.8, 4) is 5.69 Å². The van der Waals surface area contributed by atoms with Gasteiger partial charge in [0.25, 0.3) is 11.6 Å². The highest BCUT2D eigenvalue weighted by Gasteiger charge is 2.25. The summed E-state index contributed by atoms with van der Waals surface area (Å²) >= 11 is 0. The van der Waals surface area contributed by atoms with E-state index in [0.717, 1.165) is 5.69 Å². The molecule has 0 unspecified atom stereocenters. The van der Waals surface area contributed by atoms with Crippen LogP contribution in [0, 0.1) is 10.1 Å². The average Bonchev–Trinajstić information content (AvgIpc) is 3.30. The molecule has 10 heteroatoms. The Morgan fingerprint density at radius 1 is 1.00 bits per heavy atom. The summed E-state index contributed by atoms with van der Waals surface area (Å²) in [6.07, 6.45) is 4.98. The van der Waals surface area contributed by atoms with Crippen molar-refractivity contribution in [2.24, 2.45) is 0 Å². The van der Waals surface area contributed by atoms with E-state index < -0.39 is 4.92 Å². The molecule has 31 heavy (non-hydrogen) atoms. The lowest BCUT2D eigenvalue weighted by molar-refractivity contribution is -0.384. The molecular formula is C21H20N6O4. The summed E-state index contributed by atoms with van der Waals surface area (Å²) in [4.78, 5) is 43.2. The van der Waals surface area contributed by atoms with Gasteiger partial charge in [-0.1, -0.05) is 6.07 Å². The van der Waals surface area contributed by atoms with Gasteiger partial charge in [-0.25, -0.2) is 4.68 Å². The molecule has 158 valence electrons. The Labute approximate surface area is 177 Å². The van der Waals surface area contributed by atoms with Crippen molar-refractivity contribution in [2.75, 3.05) is 26.2 Å². The van der Waals surface area contributed by atoms with E-state index in [2.05, 4.69) is 10.1 Å². The number of pyridine rings is 1. The normalized spacial score (nSPS) is 13.8. The third-order valence-electron chi connectivity index (χ3n) is 5.13. The second-order valence-electron chi connectivity index (χ2n) is 7.12. The quantitative estimate of drug-likeness (QED) is 0.458. The first-order valence-corrected chi connectivity index (χ1v) is 9.78. The Bertz CT molecular complexity index is 1090. The van der Waals surface area contributed by atoms with E-state index in [1.807, 2.05) is 18.2 Å². The zero-order valence-electron chi connectivity index (χ0n) is 16.6. The first-order chi connectivity index (χ1) is 15.0. The van der Waals surface area contributed by atoms with E-state index in [9.17, 15) is 19.7 Å². The monoisotopic (exact) mass is 420 g/mol. The van der Waals surface area contributed by atoms with Gasteiger partial charge in [-0.2, -0.15) is 5.10 Å². The summed E-state index contributed by atoms with van der Waals surface area (Å²) in [6.45, 7) is 1.81. The van der Waals surface area contributed by atoms with Crippen molar-refractivity contribution in [1.29, 1.82) is 0 Å². The van der Waals surface area contributed by atoms with Gasteiger partial charge in [0.05, 0.1) is 28.8 Å². The highest BCUT2D eigenvalue weighted by Crippen LogP contribution is 2.16. The summed E-state index contributed by atoms with van der Waals surface area (Å²) in [6, 6.07) is 11.4. The molecule has 1 fully saturated rings. The molecule has 10 nitrogen and oxygen atoms in total. The van der Waals surface area contributed by atoms with Gasteiger partial charge in [-0.3, -0.25) is 24.7 Å². The maximum absolute atomic E-state index is 12.8. The number of rotatable bonds is 5. The lowest BCUT2D eigenvalue weighted by Gasteiger charge is -2.34. The van der Waals surface area contributed by atoms with Crippen LogP contribution in [-0.4, -0.2) is 67.5 Å². The van der Waals surface area contributed by atoms with Gasteiger partial charge in [-0.15, -0.1) is 0 Å². The molecule has 3 aromatic rings. The SMILES string of the molecule is O=C(Cc1ccccn1)N1CCN(C(=O)c2cnn(-c3ccc([N+](=O)[O-])cc3)c2)CC1. The summed E-state index contributed by atoms with van der Waals surface area (Å²) in [5.74, 6) is -0.165. The van der Waals surface area contributed by atoms with Crippen molar-refractivity contribution in [2.45, 2.75) is 6.42 Å². The fourth-order valence-electron chi connectivity index (χ4n) is 3.41. The Morgan fingerprint density at radius 2 is 1.71 bits per heavy atom. The third-order valence-corrected chi connectivity index (χ3v) is 5.13. The molecule has 0 aliphatic carbocycles. The van der Waals surface area contributed by atoms with Crippen LogP contribution in [0.25, 0.3) is 5.69 Å². The van der Waals surface area contributed by atoms with Crippen LogP contribution < -0.4 is 0 Å². The molecule has 1 aromatic carbocycles. The zero-order valence-corrected chi connectivity index (χ0v) is 16.6. The molecule has 0 N–H and O–H groups in total. The molecule has 3 heterocycles. The largest absolute Gasteiger partial charge is 0.339 e. The molecule has 0 spiro atoms. The van der Waals surface area contributed by atoms with Crippen LogP contribution in [-0.2, 0) is 11.2 Å². The fraction of sp³-hybridized carbons (Fsp3) is 0.238. The Hall–Kier alpha value is -4.08. The van der Waals surface area contributed by atoms with Crippen molar-refractivity contribution in [3.05, 3.63) is 82.4 Å². The van der Waals surface area contributed by atoms with Crippen LogP contribution >= 0.6 is 0 Å². The number of hydrogen-bond acceptors (Lipinski definition) is 6. The number of amides is 2. The van der Waals surface area contributed by atoms with Crippen LogP contribution in [0.4, 0.5) is 5.69 Å². The standard InChI is InChI=1S/C21H20N6O4/c28-20(13-17-3-1-2-8-22-17)24-9-11-25(12-10-24)21(29)16-14-23-26(15-16)18-4-6-19(7-5-18)27(30)31/h1-8,14-15H,9-13H2. The number of nitrogens with zero attached hydrogens (tertiary/aromatic N) is 6. The van der Waals surface area contributed by atoms with Gasteiger partial charge in [0.15, 0.2) is 0 Å². The van der Waals surface area contributed by atoms with E-state index in [0.29, 0.717) is 37.4 Å². The lowest BCUT2D eigenvalue weighted by Crippen LogP contribution is -2.51. The first kappa shape index (κ1) is 20.2. The Kier molecular flexibility index (Phi) is 5.69. The zero-order chi connectivity index (χ0) is 21.8. The van der Waals surface area contributed by atoms with Gasteiger partial charge in [0.1, 0.15) is 0 Å².